The first-order chi connectivity index (χ1) is 9.74. The lowest BCUT2D eigenvalue weighted by Gasteiger charge is -2.36. The Morgan fingerprint density at radius 2 is 1.65 bits per heavy atom. The summed E-state index contributed by atoms with van der Waals surface area (Å²) in [6.45, 7) is 3.07. The number of halogens is 1. The lowest BCUT2D eigenvalue weighted by atomic mass is 10.2. The summed E-state index contributed by atoms with van der Waals surface area (Å²) in [5, 5.41) is 0. The number of nitrogens with two attached hydrogens (primary N) is 1. The maximum Gasteiger partial charge on any atom is 0.222 e. The molecule has 1 fully saturated rings. The first-order valence-electron chi connectivity index (χ1n) is 6.57. The highest BCUT2D eigenvalue weighted by atomic mass is 19.1. The number of hydrogen-bond acceptors (Lipinski definition) is 5. The number of anilines is 3. The van der Waals surface area contributed by atoms with E-state index in [1.807, 2.05) is 23.1 Å². The van der Waals surface area contributed by atoms with Gasteiger partial charge >= 0.3 is 0 Å². The molecule has 2 aromatic rings. The van der Waals surface area contributed by atoms with Gasteiger partial charge in [0.15, 0.2) is 11.6 Å². The first-order valence-corrected chi connectivity index (χ1v) is 6.57. The van der Waals surface area contributed by atoms with E-state index in [2.05, 4.69) is 27.0 Å². The van der Waals surface area contributed by atoms with E-state index in [-0.39, 0.29) is 5.95 Å². The molecule has 0 bridgehead atoms. The second-order valence-electron chi connectivity index (χ2n) is 4.71. The minimum Gasteiger partial charge on any atom is -0.368 e. The molecule has 104 valence electrons. The summed E-state index contributed by atoms with van der Waals surface area (Å²) >= 11 is 0. The van der Waals surface area contributed by atoms with Gasteiger partial charge in [0.2, 0.25) is 5.95 Å². The monoisotopic (exact) mass is 273 g/mol. The second-order valence-corrected chi connectivity index (χ2v) is 4.71. The molecule has 0 unspecified atom stereocenters. The normalized spacial score (nSPS) is 15.4. The summed E-state index contributed by atoms with van der Waals surface area (Å²) in [7, 11) is 0. The van der Waals surface area contributed by atoms with Crippen molar-refractivity contribution in [1.82, 2.24) is 9.97 Å². The summed E-state index contributed by atoms with van der Waals surface area (Å²) in [4.78, 5) is 11.8. The number of rotatable bonds is 2. The van der Waals surface area contributed by atoms with Crippen LogP contribution in [-0.2, 0) is 0 Å². The average Bonchev–Trinajstić information content (AvgIpc) is 2.51. The molecule has 1 aromatic heterocycles. The van der Waals surface area contributed by atoms with Crippen molar-refractivity contribution >= 4 is 17.5 Å². The van der Waals surface area contributed by atoms with Crippen LogP contribution in [0.1, 0.15) is 0 Å². The highest BCUT2D eigenvalue weighted by Crippen LogP contribution is 2.21. The van der Waals surface area contributed by atoms with E-state index in [0.29, 0.717) is 18.9 Å². The zero-order chi connectivity index (χ0) is 13.9. The van der Waals surface area contributed by atoms with Gasteiger partial charge in [-0.15, -0.1) is 0 Å². The van der Waals surface area contributed by atoms with Crippen LogP contribution in [0.15, 0.2) is 36.5 Å². The fourth-order valence-corrected chi connectivity index (χ4v) is 2.41. The van der Waals surface area contributed by atoms with Gasteiger partial charge in [0.25, 0.3) is 0 Å². The smallest absolute Gasteiger partial charge is 0.222 e. The predicted octanol–water partition coefficient (Wildman–Crippen LogP) is 1.52. The molecule has 0 saturated carbocycles. The zero-order valence-corrected chi connectivity index (χ0v) is 11.0. The Bertz CT molecular complexity index is 581. The molecular weight excluding hydrogens is 257 g/mol. The van der Waals surface area contributed by atoms with Crippen molar-refractivity contribution in [3.8, 4) is 0 Å². The summed E-state index contributed by atoms with van der Waals surface area (Å²) < 4.78 is 13.7. The topological polar surface area (TPSA) is 58.3 Å². The van der Waals surface area contributed by atoms with E-state index >= 15 is 0 Å². The van der Waals surface area contributed by atoms with E-state index in [1.54, 1.807) is 0 Å². The van der Waals surface area contributed by atoms with Gasteiger partial charge in [-0.25, -0.2) is 9.37 Å². The van der Waals surface area contributed by atoms with Crippen molar-refractivity contribution in [3.05, 3.63) is 42.3 Å². The lowest BCUT2D eigenvalue weighted by molar-refractivity contribution is 0.584. The quantitative estimate of drug-likeness (QED) is 0.899. The van der Waals surface area contributed by atoms with E-state index in [0.717, 1.165) is 19.3 Å². The van der Waals surface area contributed by atoms with Crippen LogP contribution in [-0.4, -0.2) is 36.1 Å². The van der Waals surface area contributed by atoms with E-state index in [4.69, 9.17) is 5.73 Å². The summed E-state index contributed by atoms with van der Waals surface area (Å²) in [5.74, 6) is -0.0236. The number of nitrogens with zero attached hydrogens (tertiary/aromatic N) is 4. The summed E-state index contributed by atoms with van der Waals surface area (Å²) in [6, 6.07) is 10.2. The van der Waals surface area contributed by atoms with Gasteiger partial charge < -0.3 is 15.5 Å². The number of hydrogen-bond donors (Lipinski definition) is 1. The van der Waals surface area contributed by atoms with Crippen LogP contribution in [0.3, 0.4) is 0 Å². The SMILES string of the molecule is Nc1ncc(F)c(N2CCN(c3ccccc3)CC2)n1. The predicted molar refractivity (Wildman–Crippen MR) is 77.3 cm³/mol. The molecule has 1 aliphatic heterocycles. The molecule has 1 aliphatic rings. The Morgan fingerprint density at radius 1 is 1.00 bits per heavy atom. The highest BCUT2D eigenvalue weighted by molar-refractivity contribution is 5.50. The van der Waals surface area contributed by atoms with Gasteiger partial charge in [-0.3, -0.25) is 0 Å². The molecule has 0 amide bonds. The number of nitrogen functional groups attached to an aromatic ring is 1. The average molecular weight is 273 g/mol. The maximum atomic E-state index is 13.7. The minimum atomic E-state index is -0.424. The van der Waals surface area contributed by atoms with Crippen LogP contribution >= 0.6 is 0 Å². The van der Waals surface area contributed by atoms with Crippen LogP contribution in [0, 0.1) is 5.82 Å². The van der Waals surface area contributed by atoms with E-state index in [9.17, 15) is 4.39 Å². The number of para-hydroxylation sites is 1. The van der Waals surface area contributed by atoms with Crippen LogP contribution in [0.5, 0.6) is 0 Å². The van der Waals surface area contributed by atoms with E-state index in [1.165, 1.54) is 5.69 Å². The number of benzene rings is 1. The van der Waals surface area contributed by atoms with E-state index < -0.39 is 5.82 Å². The summed E-state index contributed by atoms with van der Waals surface area (Å²) in [6.07, 6.45) is 1.13. The molecule has 2 N–H and O–H groups in total. The molecule has 6 heteroatoms. The van der Waals surface area contributed by atoms with Gasteiger partial charge in [-0.2, -0.15) is 4.98 Å². The third-order valence-corrected chi connectivity index (χ3v) is 3.44. The second kappa shape index (κ2) is 5.32. The molecule has 1 saturated heterocycles. The fourth-order valence-electron chi connectivity index (χ4n) is 2.41. The molecule has 2 heterocycles. The third kappa shape index (κ3) is 2.49. The molecule has 0 aliphatic carbocycles. The molecule has 0 atom stereocenters. The van der Waals surface area contributed by atoms with Crippen molar-refractivity contribution in [2.24, 2.45) is 0 Å². The molecule has 1 aromatic carbocycles. The highest BCUT2D eigenvalue weighted by Gasteiger charge is 2.21. The lowest BCUT2D eigenvalue weighted by Crippen LogP contribution is -2.47. The third-order valence-electron chi connectivity index (χ3n) is 3.44. The molecule has 0 radical (unpaired) electrons. The minimum absolute atomic E-state index is 0.104. The van der Waals surface area contributed by atoms with Crippen molar-refractivity contribution < 1.29 is 4.39 Å². The van der Waals surface area contributed by atoms with Crippen LogP contribution in [0.4, 0.5) is 21.8 Å². The van der Waals surface area contributed by atoms with Gasteiger partial charge in [0.05, 0.1) is 6.20 Å². The standard InChI is InChI=1S/C14H16FN5/c15-12-10-17-14(16)18-13(12)20-8-6-19(7-9-20)11-4-2-1-3-5-11/h1-5,10H,6-9H2,(H2,16,17,18). The maximum absolute atomic E-state index is 13.7. The Hall–Kier alpha value is -2.37. The first kappa shape index (κ1) is 12.7. The zero-order valence-electron chi connectivity index (χ0n) is 11.0. The van der Waals surface area contributed by atoms with Gasteiger partial charge in [-0.05, 0) is 12.1 Å². The van der Waals surface area contributed by atoms with Gasteiger partial charge in [-0.1, -0.05) is 18.2 Å². The Kier molecular flexibility index (Phi) is 3.37. The number of aromatic nitrogens is 2. The Balaban J connectivity index is 1.71. The van der Waals surface area contributed by atoms with Crippen molar-refractivity contribution in [1.29, 1.82) is 0 Å². The van der Waals surface area contributed by atoms with Crippen molar-refractivity contribution in [2.45, 2.75) is 0 Å². The fraction of sp³-hybridized carbons (Fsp3) is 0.286. The van der Waals surface area contributed by atoms with Crippen molar-refractivity contribution in [3.63, 3.8) is 0 Å². The van der Waals surface area contributed by atoms with Crippen LogP contribution in [0.25, 0.3) is 0 Å². The molecule has 20 heavy (non-hydrogen) atoms. The van der Waals surface area contributed by atoms with Crippen molar-refractivity contribution in [2.75, 3.05) is 41.7 Å². The largest absolute Gasteiger partial charge is 0.368 e. The van der Waals surface area contributed by atoms with Gasteiger partial charge in [0, 0.05) is 31.9 Å². The Morgan fingerprint density at radius 3 is 2.35 bits per heavy atom. The van der Waals surface area contributed by atoms with Crippen LogP contribution < -0.4 is 15.5 Å². The molecule has 5 nitrogen and oxygen atoms in total. The number of piperazine rings is 1. The molecular formula is C14H16FN5. The Labute approximate surface area is 116 Å². The molecule has 3 rings (SSSR count). The summed E-state index contributed by atoms with van der Waals surface area (Å²) in [5.41, 5.74) is 6.72. The van der Waals surface area contributed by atoms with Gasteiger partial charge in [0.1, 0.15) is 0 Å². The van der Waals surface area contributed by atoms with Crippen LogP contribution in [0.2, 0.25) is 0 Å². The molecule has 0 spiro atoms.